The van der Waals surface area contributed by atoms with E-state index in [9.17, 15) is 0 Å². The van der Waals surface area contributed by atoms with E-state index in [0.29, 0.717) is 0 Å². The highest BCUT2D eigenvalue weighted by Gasteiger charge is 2.22. The predicted octanol–water partition coefficient (Wildman–Crippen LogP) is 3.74. The van der Waals surface area contributed by atoms with Crippen molar-refractivity contribution in [2.75, 3.05) is 50.2 Å². The standard InChI is InChI=1S/C24H25N5O2/c1-30-19-9-7-18(8-10-19)20-17-22-24(25-11-12-29(22)26-20)28-15-13-27(14-16-28)21-5-3-4-6-23(21)31-2/h3-12,17H,13-16H2,1-2H3. The minimum absolute atomic E-state index is 0.836. The molecule has 0 radical (unpaired) electrons. The minimum Gasteiger partial charge on any atom is -0.497 e. The third-order valence-electron chi connectivity index (χ3n) is 5.76. The number of fused-ring (bicyclic) bond motifs is 1. The molecule has 0 aliphatic carbocycles. The van der Waals surface area contributed by atoms with Gasteiger partial charge in [-0.3, -0.25) is 0 Å². The first kappa shape index (κ1) is 19.2. The Kier molecular flexibility index (Phi) is 5.08. The third-order valence-corrected chi connectivity index (χ3v) is 5.76. The van der Waals surface area contributed by atoms with E-state index in [-0.39, 0.29) is 0 Å². The number of piperazine rings is 1. The van der Waals surface area contributed by atoms with Crippen molar-refractivity contribution in [2.24, 2.45) is 0 Å². The Balaban J connectivity index is 1.39. The molecule has 2 aromatic carbocycles. The Morgan fingerprint density at radius 1 is 0.839 bits per heavy atom. The van der Waals surface area contributed by atoms with E-state index in [0.717, 1.165) is 66.0 Å². The Morgan fingerprint density at radius 2 is 1.58 bits per heavy atom. The van der Waals surface area contributed by atoms with Gasteiger partial charge in [0.1, 0.15) is 17.0 Å². The van der Waals surface area contributed by atoms with Crippen LogP contribution in [0, 0.1) is 0 Å². The number of hydrogen-bond donors (Lipinski definition) is 0. The molecule has 0 unspecified atom stereocenters. The molecular weight excluding hydrogens is 390 g/mol. The number of ether oxygens (including phenoxy) is 2. The highest BCUT2D eigenvalue weighted by atomic mass is 16.5. The number of para-hydroxylation sites is 2. The van der Waals surface area contributed by atoms with Crippen molar-refractivity contribution < 1.29 is 9.47 Å². The van der Waals surface area contributed by atoms with Crippen LogP contribution in [0.2, 0.25) is 0 Å². The molecule has 1 saturated heterocycles. The third kappa shape index (κ3) is 3.63. The average Bonchev–Trinajstić information content (AvgIpc) is 3.29. The summed E-state index contributed by atoms with van der Waals surface area (Å²) in [4.78, 5) is 9.40. The maximum Gasteiger partial charge on any atom is 0.154 e. The second kappa shape index (κ2) is 8.18. The predicted molar refractivity (Wildman–Crippen MR) is 122 cm³/mol. The first-order valence-electron chi connectivity index (χ1n) is 10.4. The molecule has 1 fully saturated rings. The molecule has 0 bridgehead atoms. The van der Waals surface area contributed by atoms with Gasteiger partial charge in [0.15, 0.2) is 5.82 Å². The van der Waals surface area contributed by atoms with E-state index in [4.69, 9.17) is 19.6 Å². The number of anilines is 2. The van der Waals surface area contributed by atoms with E-state index >= 15 is 0 Å². The van der Waals surface area contributed by atoms with Gasteiger partial charge in [0.25, 0.3) is 0 Å². The molecule has 7 heteroatoms. The van der Waals surface area contributed by atoms with Gasteiger partial charge in [-0.05, 0) is 42.5 Å². The zero-order valence-electron chi connectivity index (χ0n) is 17.7. The second-order valence-electron chi connectivity index (χ2n) is 7.48. The summed E-state index contributed by atoms with van der Waals surface area (Å²) < 4.78 is 12.7. The molecule has 31 heavy (non-hydrogen) atoms. The van der Waals surface area contributed by atoms with Crippen molar-refractivity contribution in [2.45, 2.75) is 0 Å². The van der Waals surface area contributed by atoms with Crippen molar-refractivity contribution in [1.29, 1.82) is 0 Å². The highest BCUT2D eigenvalue weighted by molar-refractivity contribution is 5.75. The van der Waals surface area contributed by atoms with E-state index in [1.165, 1.54) is 0 Å². The van der Waals surface area contributed by atoms with Crippen LogP contribution in [0.15, 0.2) is 67.0 Å². The van der Waals surface area contributed by atoms with Crippen LogP contribution in [0.3, 0.4) is 0 Å². The van der Waals surface area contributed by atoms with Gasteiger partial charge in [-0.15, -0.1) is 0 Å². The lowest BCUT2D eigenvalue weighted by molar-refractivity contribution is 0.413. The van der Waals surface area contributed by atoms with Crippen molar-refractivity contribution in [3.8, 4) is 22.8 Å². The van der Waals surface area contributed by atoms with Crippen molar-refractivity contribution in [1.82, 2.24) is 14.6 Å². The van der Waals surface area contributed by atoms with Crippen molar-refractivity contribution in [3.05, 3.63) is 67.0 Å². The van der Waals surface area contributed by atoms with Crippen LogP contribution in [0.4, 0.5) is 11.5 Å². The molecule has 5 rings (SSSR count). The van der Waals surface area contributed by atoms with Gasteiger partial charge < -0.3 is 19.3 Å². The molecule has 7 nitrogen and oxygen atoms in total. The van der Waals surface area contributed by atoms with E-state index in [1.807, 2.05) is 53.3 Å². The van der Waals surface area contributed by atoms with Crippen LogP contribution in [0.1, 0.15) is 0 Å². The number of rotatable bonds is 5. The molecule has 4 aromatic rings. The molecule has 0 spiro atoms. The fraction of sp³-hybridized carbons (Fsp3) is 0.250. The summed E-state index contributed by atoms with van der Waals surface area (Å²) in [6, 6.07) is 18.3. The molecule has 158 valence electrons. The number of aromatic nitrogens is 3. The fourth-order valence-corrected chi connectivity index (χ4v) is 4.10. The summed E-state index contributed by atoms with van der Waals surface area (Å²) in [5.74, 6) is 2.72. The van der Waals surface area contributed by atoms with Gasteiger partial charge in [-0.2, -0.15) is 5.10 Å². The molecule has 0 amide bonds. The van der Waals surface area contributed by atoms with Gasteiger partial charge >= 0.3 is 0 Å². The molecule has 0 atom stereocenters. The highest BCUT2D eigenvalue weighted by Crippen LogP contribution is 2.30. The monoisotopic (exact) mass is 415 g/mol. The summed E-state index contributed by atoms with van der Waals surface area (Å²) in [7, 11) is 3.39. The van der Waals surface area contributed by atoms with Gasteiger partial charge in [-0.1, -0.05) is 12.1 Å². The van der Waals surface area contributed by atoms with E-state index in [1.54, 1.807) is 14.2 Å². The molecule has 1 aliphatic rings. The molecule has 0 N–H and O–H groups in total. The Labute approximate surface area is 181 Å². The zero-order chi connectivity index (χ0) is 21.2. The van der Waals surface area contributed by atoms with E-state index in [2.05, 4.69) is 28.0 Å². The molecule has 2 aromatic heterocycles. The fourth-order valence-electron chi connectivity index (χ4n) is 4.10. The summed E-state index contributed by atoms with van der Waals surface area (Å²) in [5.41, 5.74) is 4.13. The topological polar surface area (TPSA) is 55.1 Å². The lowest BCUT2D eigenvalue weighted by Gasteiger charge is -2.37. The first-order chi connectivity index (χ1) is 15.3. The number of nitrogens with zero attached hydrogens (tertiary/aromatic N) is 5. The Hall–Kier alpha value is -3.74. The summed E-state index contributed by atoms with van der Waals surface area (Å²) >= 11 is 0. The van der Waals surface area contributed by atoms with Gasteiger partial charge in [0.05, 0.1) is 25.6 Å². The maximum absolute atomic E-state index is 5.54. The van der Waals surface area contributed by atoms with Crippen LogP contribution >= 0.6 is 0 Å². The maximum atomic E-state index is 5.54. The van der Waals surface area contributed by atoms with Crippen LogP contribution in [0.25, 0.3) is 16.8 Å². The molecule has 0 saturated carbocycles. The number of benzene rings is 2. The van der Waals surface area contributed by atoms with Crippen molar-refractivity contribution >= 4 is 17.0 Å². The zero-order valence-corrected chi connectivity index (χ0v) is 17.7. The van der Waals surface area contributed by atoms with Gasteiger partial charge in [-0.25, -0.2) is 9.50 Å². The average molecular weight is 415 g/mol. The van der Waals surface area contributed by atoms with Gasteiger partial charge in [0, 0.05) is 44.1 Å². The first-order valence-corrected chi connectivity index (χ1v) is 10.4. The van der Waals surface area contributed by atoms with Crippen molar-refractivity contribution in [3.63, 3.8) is 0 Å². The quantitative estimate of drug-likeness (QED) is 0.495. The molecule has 3 heterocycles. The largest absolute Gasteiger partial charge is 0.497 e. The van der Waals surface area contributed by atoms with Crippen LogP contribution in [-0.2, 0) is 0 Å². The smallest absolute Gasteiger partial charge is 0.154 e. The lowest BCUT2D eigenvalue weighted by atomic mass is 10.1. The molecule has 1 aliphatic heterocycles. The number of hydrogen-bond acceptors (Lipinski definition) is 6. The minimum atomic E-state index is 0.836. The van der Waals surface area contributed by atoms with Crippen LogP contribution in [-0.4, -0.2) is 55.0 Å². The Morgan fingerprint density at radius 3 is 2.32 bits per heavy atom. The molecular formula is C24H25N5O2. The number of methoxy groups -OCH3 is 2. The normalized spacial score (nSPS) is 14.1. The van der Waals surface area contributed by atoms with Crippen LogP contribution < -0.4 is 19.3 Å². The van der Waals surface area contributed by atoms with Crippen LogP contribution in [0.5, 0.6) is 11.5 Å². The second-order valence-corrected chi connectivity index (χ2v) is 7.48. The summed E-state index contributed by atoms with van der Waals surface area (Å²) in [6.45, 7) is 3.58. The van der Waals surface area contributed by atoms with Gasteiger partial charge in [0.2, 0.25) is 0 Å². The SMILES string of the molecule is COc1ccc(-c2cc3c(N4CCN(c5ccccc5OC)CC4)nccn3n2)cc1. The lowest BCUT2D eigenvalue weighted by Crippen LogP contribution is -2.47. The Bertz CT molecular complexity index is 1180. The summed E-state index contributed by atoms with van der Waals surface area (Å²) in [5, 5.41) is 4.76. The van der Waals surface area contributed by atoms with E-state index < -0.39 is 0 Å². The summed E-state index contributed by atoms with van der Waals surface area (Å²) in [6.07, 6.45) is 3.72.